The van der Waals surface area contributed by atoms with Gasteiger partial charge in [0.25, 0.3) is 0 Å². The van der Waals surface area contributed by atoms with Crippen LogP contribution in [0.15, 0.2) is 36.4 Å². The molecular weight excluding hydrogens is 359 g/mol. The Labute approximate surface area is 165 Å². The Bertz CT molecular complexity index is 820. The van der Waals surface area contributed by atoms with Crippen molar-refractivity contribution in [3.8, 4) is 0 Å². The Balaban J connectivity index is 1.88. The maximum atomic E-state index is 14.1. The Morgan fingerprint density at radius 3 is 2.43 bits per heavy atom. The van der Waals surface area contributed by atoms with Crippen molar-refractivity contribution in [3.63, 3.8) is 0 Å². The van der Waals surface area contributed by atoms with Crippen LogP contribution in [0.5, 0.6) is 0 Å². The van der Waals surface area contributed by atoms with Gasteiger partial charge in [0.15, 0.2) is 0 Å². The number of hydrogen-bond donors (Lipinski definition) is 3. The van der Waals surface area contributed by atoms with Crippen molar-refractivity contribution in [2.45, 2.75) is 58.0 Å². The number of benzene rings is 2. The Kier molecular flexibility index (Phi) is 6.50. The normalized spacial score (nSPS) is 27.8. The molecule has 152 valence electrons. The summed E-state index contributed by atoms with van der Waals surface area (Å²) < 4.78 is 20.0. The van der Waals surface area contributed by atoms with Gasteiger partial charge in [-0.05, 0) is 53.6 Å². The van der Waals surface area contributed by atoms with Gasteiger partial charge >= 0.3 is 0 Å². The maximum Gasteiger partial charge on any atom is 0.126 e. The molecule has 0 aliphatic carbocycles. The average Bonchev–Trinajstić information content (AvgIpc) is 2.68. The van der Waals surface area contributed by atoms with Gasteiger partial charge in [0.1, 0.15) is 18.0 Å². The summed E-state index contributed by atoms with van der Waals surface area (Å²) >= 11 is 0. The summed E-state index contributed by atoms with van der Waals surface area (Å²) in [5.74, 6) is -0.552. The molecular formula is C23H29FO4. The van der Waals surface area contributed by atoms with E-state index in [9.17, 15) is 19.7 Å². The first kappa shape index (κ1) is 20.9. The average molecular weight is 388 g/mol. The van der Waals surface area contributed by atoms with E-state index in [1.54, 1.807) is 13.0 Å². The first-order valence-electron chi connectivity index (χ1n) is 9.84. The molecule has 0 saturated carbocycles. The monoisotopic (exact) mass is 388 g/mol. The highest BCUT2D eigenvalue weighted by Crippen LogP contribution is 2.36. The van der Waals surface area contributed by atoms with Crippen LogP contribution in [0.3, 0.4) is 0 Å². The SMILES string of the molecule is CCc1ccc(Cc2cc([C@@H]3O[C@H](CO)[C@@H](C)[C@H](O)[C@H]3O)ccc2C)cc1F. The van der Waals surface area contributed by atoms with Gasteiger partial charge in [-0.2, -0.15) is 0 Å². The van der Waals surface area contributed by atoms with E-state index in [4.69, 9.17) is 4.74 Å². The first-order valence-corrected chi connectivity index (χ1v) is 9.84. The van der Waals surface area contributed by atoms with Crippen LogP contribution >= 0.6 is 0 Å². The number of aliphatic hydroxyl groups excluding tert-OH is 3. The maximum absolute atomic E-state index is 14.1. The van der Waals surface area contributed by atoms with Crippen LogP contribution in [0.1, 0.15) is 47.8 Å². The van der Waals surface area contributed by atoms with Crippen LogP contribution in [-0.2, 0) is 17.6 Å². The molecule has 0 amide bonds. The van der Waals surface area contributed by atoms with Crippen LogP contribution in [0.25, 0.3) is 0 Å². The van der Waals surface area contributed by atoms with Gasteiger partial charge in [0.05, 0.1) is 18.8 Å². The number of halogens is 1. The molecule has 0 radical (unpaired) electrons. The summed E-state index contributed by atoms with van der Waals surface area (Å²) in [6.45, 7) is 5.45. The molecule has 3 N–H and O–H groups in total. The number of rotatable bonds is 5. The highest BCUT2D eigenvalue weighted by Gasteiger charge is 2.42. The number of aliphatic hydroxyl groups is 3. The van der Waals surface area contributed by atoms with E-state index in [2.05, 4.69) is 0 Å². The van der Waals surface area contributed by atoms with E-state index in [0.717, 1.165) is 22.3 Å². The van der Waals surface area contributed by atoms with Gasteiger partial charge in [-0.3, -0.25) is 0 Å². The van der Waals surface area contributed by atoms with E-state index >= 15 is 0 Å². The molecule has 5 atom stereocenters. The van der Waals surface area contributed by atoms with Gasteiger partial charge in [-0.25, -0.2) is 4.39 Å². The molecule has 1 heterocycles. The van der Waals surface area contributed by atoms with E-state index in [1.165, 1.54) is 0 Å². The molecule has 0 spiro atoms. The molecule has 1 aliphatic heterocycles. The Hall–Kier alpha value is -1.79. The highest BCUT2D eigenvalue weighted by molar-refractivity contribution is 5.38. The fourth-order valence-electron chi connectivity index (χ4n) is 3.85. The molecule has 2 aromatic carbocycles. The predicted molar refractivity (Wildman–Crippen MR) is 106 cm³/mol. The molecule has 0 bridgehead atoms. The van der Waals surface area contributed by atoms with Gasteiger partial charge in [0.2, 0.25) is 0 Å². The second kappa shape index (κ2) is 8.70. The van der Waals surface area contributed by atoms with Crippen molar-refractivity contribution in [2.75, 3.05) is 6.61 Å². The lowest BCUT2D eigenvalue weighted by Gasteiger charge is -2.41. The van der Waals surface area contributed by atoms with E-state index in [-0.39, 0.29) is 18.3 Å². The second-order valence-corrected chi connectivity index (χ2v) is 7.76. The third-order valence-corrected chi connectivity index (χ3v) is 5.88. The number of hydrogen-bond acceptors (Lipinski definition) is 4. The smallest absolute Gasteiger partial charge is 0.126 e. The molecule has 4 nitrogen and oxygen atoms in total. The van der Waals surface area contributed by atoms with E-state index < -0.39 is 24.4 Å². The zero-order valence-corrected chi connectivity index (χ0v) is 16.6. The zero-order valence-electron chi connectivity index (χ0n) is 16.6. The van der Waals surface area contributed by atoms with Gasteiger partial charge in [-0.1, -0.05) is 44.2 Å². The molecule has 0 aromatic heterocycles. The lowest BCUT2D eigenvalue weighted by molar-refractivity contribution is -0.207. The molecule has 5 heteroatoms. The summed E-state index contributed by atoms with van der Waals surface area (Å²) in [6, 6.07) is 11.1. The molecule has 1 saturated heterocycles. The third-order valence-electron chi connectivity index (χ3n) is 5.88. The standard InChI is InChI=1S/C23H29FO4/c1-4-16-8-6-15(10-19(16)24)9-18-11-17(7-5-13(18)2)23-22(27)21(26)14(3)20(12-25)28-23/h5-8,10-11,14,20-23,25-27H,4,9,12H2,1-3H3/t14-,20-,21+,22-,23+/m1/s1. The minimum atomic E-state index is -1.07. The fourth-order valence-corrected chi connectivity index (χ4v) is 3.85. The van der Waals surface area contributed by atoms with Crippen LogP contribution in [0.2, 0.25) is 0 Å². The summed E-state index contributed by atoms with van der Waals surface area (Å²) in [4.78, 5) is 0. The van der Waals surface area contributed by atoms with E-state index in [1.807, 2.05) is 44.2 Å². The van der Waals surface area contributed by atoms with Crippen LogP contribution in [-0.4, -0.2) is 40.2 Å². The molecule has 0 unspecified atom stereocenters. The topological polar surface area (TPSA) is 69.9 Å². The van der Waals surface area contributed by atoms with Crippen molar-refractivity contribution < 1.29 is 24.4 Å². The quantitative estimate of drug-likeness (QED) is 0.736. The second-order valence-electron chi connectivity index (χ2n) is 7.76. The number of aryl methyl sites for hydroxylation is 2. The summed E-state index contributed by atoms with van der Waals surface area (Å²) in [5.41, 5.74) is 4.38. The molecule has 28 heavy (non-hydrogen) atoms. The van der Waals surface area contributed by atoms with Crippen LogP contribution in [0, 0.1) is 18.7 Å². The predicted octanol–water partition coefficient (Wildman–Crippen LogP) is 3.08. The van der Waals surface area contributed by atoms with Gasteiger partial charge in [0, 0.05) is 5.92 Å². The van der Waals surface area contributed by atoms with Crippen LogP contribution in [0.4, 0.5) is 4.39 Å². The number of ether oxygens (including phenoxy) is 1. The Morgan fingerprint density at radius 2 is 1.79 bits per heavy atom. The van der Waals surface area contributed by atoms with Crippen molar-refractivity contribution in [3.05, 3.63) is 70.0 Å². The van der Waals surface area contributed by atoms with E-state index in [0.29, 0.717) is 18.4 Å². The zero-order chi connectivity index (χ0) is 20.4. The highest BCUT2D eigenvalue weighted by atomic mass is 19.1. The lowest BCUT2D eigenvalue weighted by atomic mass is 9.85. The third kappa shape index (κ3) is 4.13. The molecule has 3 rings (SSSR count). The fraction of sp³-hybridized carbons (Fsp3) is 0.478. The minimum absolute atomic E-state index is 0.192. The van der Waals surface area contributed by atoms with Crippen molar-refractivity contribution in [2.24, 2.45) is 5.92 Å². The van der Waals surface area contributed by atoms with Crippen molar-refractivity contribution in [1.29, 1.82) is 0 Å². The van der Waals surface area contributed by atoms with Gasteiger partial charge < -0.3 is 20.1 Å². The van der Waals surface area contributed by atoms with Crippen molar-refractivity contribution in [1.82, 2.24) is 0 Å². The van der Waals surface area contributed by atoms with Crippen molar-refractivity contribution >= 4 is 0 Å². The van der Waals surface area contributed by atoms with Gasteiger partial charge in [-0.15, -0.1) is 0 Å². The molecule has 2 aromatic rings. The summed E-state index contributed by atoms with van der Waals surface area (Å²) in [6.07, 6.45) is -2.09. The largest absolute Gasteiger partial charge is 0.394 e. The first-order chi connectivity index (χ1) is 13.3. The minimum Gasteiger partial charge on any atom is -0.394 e. The summed E-state index contributed by atoms with van der Waals surface area (Å²) in [5, 5.41) is 30.4. The molecule has 1 aliphatic rings. The van der Waals surface area contributed by atoms with Crippen LogP contribution < -0.4 is 0 Å². The summed E-state index contributed by atoms with van der Waals surface area (Å²) in [7, 11) is 0. The Morgan fingerprint density at radius 1 is 1.04 bits per heavy atom. The molecule has 1 fully saturated rings. The lowest BCUT2D eigenvalue weighted by Crippen LogP contribution is -2.50.